The lowest BCUT2D eigenvalue weighted by Gasteiger charge is -2.18. The summed E-state index contributed by atoms with van der Waals surface area (Å²) in [4.78, 5) is 24.0. The van der Waals surface area contributed by atoms with E-state index < -0.39 is 17.8 Å². The van der Waals surface area contributed by atoms with E-state index in [4.69, 9.17) is 16.3 Å². The molecule has 0 saturated heterocycles. The van der Waals surface area contributed by atoms with Crippen LogP contribution in [-0.4, -0.2) is 25.0 Å². The molecule has 0 spiro atoms. The molecule has 0 aromatic heterocycles. The molecule has 2 rings (SSSR count). The lowest BCUT2D eigenvalue weighted by molar-refractivity contribution is -0.125. The Labute approximate surface area is 150 Å². The summed E-state index contributed by atoms with van der Waals surface area (Å²) in [7, 11) is 1.55. The average Bonchev–Trinajstić information content (AvgIpc) is 2.56. The van der Waals surface area contributed by atoms with Gasteiger partial charge in [-0.15, -0.1) is 0 Å². The fourth-order valence-electron chi connectivity index (χ4n) is 2.30. The molecule has 2 N–H and O–H groups in total. The van der Waals surface area contributed by atoms with Crippen molar-refractivity contribution in [1.82, 2.24) is 5.32 Å². The molecule has 1 unspecified atom stereocenters. The van der Waals surface area contributed by atoms with E-state index >= 15 is 0 Å². The van der Waals surface area contributed by atoms with Gasteiger partial charge in [0.1, 0.15) is 17.6 Å². The number of carbonyl (C=O) groups is 2. The molecule has 0 bridgehead atoms. The predicted molar refractivity (Wildman–Crippen MR) is 94.3 cm³/mol. The number of rotatable bonds is 6. The van der Waals surface area contributed by atoms with E-state index in [-0.39, 0.29) is 23.0 Å². The second-order valence-corrected chi connectivity index (χ2v) is 5.83. The summed E-state index contributed by atoms with van der Waals surface area (Å²) >= 11 is 5.93. The Balaban J connectivity index is 2.17. The van der Waals surface area contributed by atoms with Gasteiger partial charge in [0.2, 0.25) is 11.8 Å². The first-order valence-electron chi connectivity index (χ1n) is 7.55. The normalized spacial score (nSPS) is 11.5. The number of hydrogen-bond acceptors (Lipinski definition) is 3. The SMILES string of the molecule is COc1cccc(CC(NC(C)=O)C(=O)Nc2ccc(F)cc2Cl)c1. The van der Waals surface area contributed by atoms with E-state index in [2.05, 4.69) is 10.6 Å². The van der Waals surface area contributed by atoms with Crippen LogP contribution in [0.25, 0.3) is 0 Å². The van der Waals surface area contributed by atoms with Crippen LogP contribution in [0.5, 0.6) is 5.75 Å². The van der Waals surface area contributed by atoms with Crippen molar-refractivity contribution in [3.63, 3.8) is 0 Å². The van der Waals surface area contributed by atoms with Gasteiger partial charge in [-0.25, -0.2) is 4.39 Å². The molecule has 7 heteroatoms. The number of amides is 2. The zero-order chi connectivity index (χ0) is 18.4. The van der Waals surface area contributed by atoms with E-state index in [1.807, 2.05) is 6.07 Å². The maximum absolute atomic E-state index is 13.1. The summed E-state index contributed by atoms with van der Waals surface area (Å²) in [6, 6.07) is 10.0. The van der Waals surface area contributed by atoms with Crippen LogP contribution in [0.4, 0.5) is 10.1 Å². The van der Waals surface area contributed by atoms with E-state index in [0.29, 0.717) is 5.75 Å². The van der Waals surface area contributed by atoms with Crippen molar-refractivity contribution >= 4 is 29.1 Å². The van der Waals surface area contributed by atoms with Crippen LogP contribution >= 0.6 is 11.6 Å². The molecule has 0 aliphatic heterocycles. The van der Waals surface area contributed by atoms with Gasteiger partial charge in [-0.1, -0.05) is 23.7 Å². The number of methoxy groups -OCH3 is 1. The molecule has 1 atom stereocenters. The Bertz CT molecular complexity index is 783. The van der Waals surface area contributed by atoms with E-state index in [1.54, 1.807) is 25.3 Å². The minimum Gasteiger partial charge on any atom is -0.497 e. The molecule has 25 heavy (non-hydrogen) atoms. The van der Waals surface area contributed by atoms with Gasteiger partial charge < -0.3 is 15.4 Å². The van der Waals surface area contributed by atoms with Gasteiger partial charge >= 0.3 is 0 Å². The number of benzene rings is 2. The van der Waals surface area contributed by atoms with Gasteiger partial charge in [0.15, 0.2) is 0 Å². The smallest absolute Gasteiger partial charge is 0.247 e. The van der Waals surface area contributed by atoms with Crippen LogP contribution in [0, 0.1) is 5.82 Å². The van der Waals surface area contributed by atoms with Crippen molar-refractivity contribution in [2.45, 2.75) is 19.4 Å². The summed E-state index contributed by atoms with van der Waals surface area (Å²) in [6.45, 7) is 1.33. The molecule has 0 fully saturated rings. The van der Waals surface area contributed by atoms with Crippen LogP contribution in [0.3, 0.4) is 0 Å². The minimum absolute atomic E-state index is 0.0799. The Morgan fingerprint density at radius 1 is 1.24 bits per heavy atom. The highest BCUT2D eigenvalue weighted by Crippen LogP contribution is 2.23. The molecular formula is C18H18ClFN2O3. The van der Waals surface area contributed by atoms with Crippen molar-refractivity contribution in [2.75, 3.05) is 12.4 Å². The maximum atomic E-state index is 13.1. The highest BCUT2D eigenvalue weighted by atomic mass is 35.5. The first-order chi connectivity index (χ1) is 11.9. The predicted octanol–water partition coefficient (Wildman–Crippen LogP) is 3.17. The van der Waals surface area contributed by atoms with Crippen LogP contribution < -0.4 is 15.4 Å². The van der Waals surface area contributed by atoms with E-state index in [0.717, 1.165) is 11.6 Å². The number of ether oxygens (including phenoxy) is 1. The van der Waals surface area contributed by atoms with E-state index in [1.165, 1.54) is 19.1 Å². The molecule has 0 aliphatic carbocycles. The van der Waals surface area contributed by atoms with Crippen LogP contribution in [0.1, 0.15) is 12.5 Å². The first kappa shape index (κ1) is 18.7. The van der Waals surface area contributed by atoms with Crippen molar-refractivity contribution in [1.29, 1.82) is 0 Å². The molecule has 2 aromatic carbocycles. The van der Waals surface area contributed by atoms with Crippen molar-refractivity contribution in [3.05, 3.63) is 58.9 Å². The van der Waals surface area contributed by atoms with Crippen molar-refractivity contribution in [2.24, 2.45) is 0 Å². The maximum Gasteiger partial charge on any atom is 0.247 e. The molecule has 0 saturated carbocycles. The third-order valence-corrected chi connectivity index (χ3v) is 3.77. The molecule has 2 amide bonds. The molecule has 0 aliphatic rings. The lowest BCUT2D eigenvalue weighted by Crippen LogP contribution is -2.44. The Morgan fingerprint density at radius 3 is 2.64 bits per heavy atom. The van der Waals surface area contributed by atoms with Crippen LogP contribution in [0.15, 0.2) is 42.5 Å². The van der Waals surface area contributed by atoms with E-state index in [9.17, 15) is 14.0 Å². The fourth-order valence-corrected chi connectivity index (χ4v) is 2.51. The highest BCUT2D eigenvalue weighted by Gasteiger charge is 2.21. The number of anilines is 1. The number of nitrogens with one attached hydrogen (secondary N) is 2. The average molecular weight is 365 g/mol. The highest BCUT2D eigenvalue weighted by molar-refractivity contribution is 6.33. The van der Waals surface area contributed by atoms with Gasteiger partial charge in [0.05, 0.1) is 17.8 Å². The Kier molecular flexibility index (Phi) is 6.36. The number of halogens is 2. The van der Waals surface area contributed by atoms with Crippen LogP contribution in [-0.2, 0) is 16.0 Å². The van der Waals surface area contributed by atoms with Crippen molar-refractivity contribution < 1.29 is 18.7 Å². The molecular weight excluding hydrogens is 347 g/mol. The summed E-state index contributed by atoms with van der Waals surface area (Å²) in [5.41, 5.74) is 1.09. The summed E-state index contributed by atoms with van der Waals surface area (Å²) in [5, 5.41) is 5.30. The number of hydrogen-bond donors (Lipinski definition) is 2. The zero-order valence-electron chi connectivity index (χ0n) is 13.8. The van der Waals surface area contributed by atoms with Gasteiger partial charge in [-0.05, 0) is 35.9 Å². The molecule has 0 heterocycles. The fraction of sp³-hybridized carbons (Fsp3) is 0.222. The van der Waals surface area contributed by atoms with Gasteiger partial charge in [-0.2, -0.15) is 0 Å². The Morgan fingerprint density at radius 2 is 2.00 bits per heavy atom. The molecule has 2 aromatic rings. The van der Waals surface area contributed by atoms with Gasteiger partial charge in [0.25, 0.3) is 0 Å². The minimum atomic E-state index is -0.814. The lowest BCUT2D eigenvalue weighted by atomic mass is 10.0. The molecule has 132 valence electrons. The quantitative estimate of drug-likeness (QED) is 0.827. The summed E-state index contributed by atoms with van der Waals surface area (Å²) < 4.78 is 18.3. The molecule has 0 radical (unpaired) electrons. The second kappa shape index (κ2) is 8.48. The second-order valence-electron chi connectivity index (χ2n) is 5.42. The third kappa shape index (κ3) is 5.46. The largest absolute Gasteiger partial charge is 0.497 e. The van der Waals surface area contributed by atoms with Crippen molar-refractivity contribution in [3.8, 4) is 5.75 Å². The third-order valence-electron chi connectivity index (χ3n) is 3.46. The monoisotopic (exact) mass is 364 g/mol. The Hall–Kier alpha value is -2.60. The molecule has 5 nitrogen and oxygen atoms in total. The summed E-state index contributed by atoms with van der Waals surface area (Å²) in [6.07, 6.45) is 0.265. The standard InChI is InChI=1S/C18H18ClFN2O3/c1-11(23)21-17(9-12-4-3-5-14(8-12)25-2)18(24)22-16-7-6-13(20)10-15(16)19/h3-8,10,17H,9H2,1-2H3,(H,21,23)(H,22,24). The van der Waals surface area contributed by atoms with Gasteiger partial charge in [0, 0.05) is 13.3 Å². The zero-order valence-corrected chi connectivity index (χ0v) is 14.6. The summed E-state index contributed by atoms with van der Waals surface area (Å²) in [5.74, 6) is -0.640. The van der Waals surface area contributed by atoms with Crippen LogP contribution in [0.2, 0.25) is 5.02 Å². The van der Waals surface area contributed by atoms with Gasteiger partial charge in [-0.3, -0.25) is 9.59 Å². The topological polar surface area (TPSA) is 67.4 Å². The first-order valence-corrected chi connectivity index (χ1v) is 7.93. The number of carbonyl (C=O) groups excluding carboxylic acids is 2.